The Bertz CT molecular complexity index is 1570. The van der Waals surface area contributed by atoms with Crippen LogP contribution in [0.3, 0.4) is 0 Å². The van der Waals surface area contributed by atoms with Crippen molar-refractivity contribution >= 4 is 44.0 Å². The molecule has 11 nitrogen and oxygen atoms in total. The van der Waals surface area contributed by atoms with Crippen LogP contribution < -0.4 is 5.14 Å². The lowest BCUT2D eigenvalue weighted by Crippen LogP contribution is -2.34. The van der Waals surface area contributed by atoms with Crippen LogP contribution in [0.5, 0.6) is 0 Å². The van der Waals surface area contributed by atoms with Gasteiger partial charge in [0.25, 0.3) is 0 Å². The number of halogens is 1. The smallest absolute Gasteiger partial charge is 0.410 e. The van der Waals surface area contributed by atoms with E-state index >= 15 is 0 Å². The summed E-state index contributed by atoms with van der Waals surface area (Å²) in [5.41, 5.74) is 2.31. The van der Waals surface area contributed by atoms with E-state index in [0.29, 0.717) is 28.0 Å². The highest BCUT2D eigenvalue weighted by Gasteiger charge is 2.26. The molecule has 1 amide bonds. The molecule has 4 aromatic rings. The number of nitrogens with two attached hydrogens (primary N) is 1. The fourth-order valence-electron chi connectivity index (χ4n) is 4.38. The second-order valence-electron chi connectivity index (χ2n) is 11.1. The third-order valence-corrected chi connectivity index (χ3v) is 9.19. The number of hydrogen-bond donors (Lipinski definition) is 2. The van der Waals surface area contributed by atoms with Crippen molar-refractivity contribution in [2.45, 2.75) is 62.1 Å². The predicted octanol–water partition coefficient (Wildman–Crippen LogP) is 6.00. The van der Waals surface area contributed by atoms with Crippen LogP contribution >= 0.6 is 27.9 Å². The molecule has 0 bridgehead atoms. The molecule has 44 heavy (non-hydrogen) atoms. The average molecular weight is 703 g/mol. The first-order chi connectivity index (χ1) is 20.9. The Kier molecular flexibility index (Phi) is 11.5. The summed E-state index contributed by atoms with van der Waals surface area (Å²) < 4.78 is 32.8. The number of amides is 1. The molecule has 3 N–H and O–H groups in total. The van der Waals surface area contributed by atoms with Crippen LogP contribution in [0.4, 0.5) is 4.79 Å². The predicted molar refractivity (Wildman–Crippen MR) is 174 cm³/mol. The minimum atomic E-state index is -4.01. The summed E-state index contributed by atoms with van der Waals surface area (Å²) in [6.07, 6.45) is 2.05. The van der Waals surface area contributed by atoms with Crippen molar-refractivity contribution in [1.29, 1.82) is 0 Å². The zero-order chi connectivity index (χ0) is 31.7. The van der Waals surface area contributed by atoms with Crippen molar-refractivity contribution in [3.63, 3.8) is 0 Å². The first kappa shape index (κ1) is 33.6. The molecule has 0 spiro atoms. The first-order valence-corrected chi connectivity index (χ1v) is 17.1. The van der Waals surface area contributed by atoms with Gasteiger partial charge in [-0.25, -0.2) is 22.7 Å². The van der Waals surface area contributed by atoms with Gasteiger partial charge in [0.15, 0.2) is 0 Å². The number of ether oxygens (including phenoxy) is 1. The Labute approximate surface area is 270 Å². The second-order valence-corrected chi connectivity index (χ2v) is 14.6. The van der Waals surface area contributed by atoms with Gasteiger partial charge in [-0.3, -0.25) is 0 Å². The number of H-pyrrole nitrogens is 1. The quantitative estimate of drug-likeness (QED) is 0.211. The number of primary sulfonamides is 1. The van der Waals surface area contributed by atoms with Gasteiger partial charge in [-0.1, -0.05) is 60.7 Å². The minimum Gasteiger partial charge on any atom is -0.444 e. The summed E-state index contributed by atoms with van der Waals surface area (Å²) in [4.78, 5) is 13.6. The summed E-state index contributed by atoms with van der Waals surface area (Å²) >= 11 is 4.80. The molecule has 1 aliphatic rings. The summed E-state index contributed by atoms with van der Waals surface area (Å²) in [5, 5.41) is 19.7. The maximum Gasteiger partial charge on any atom is 0.410 e. The molecule has 2 heterocycles. The molecule has 1 fully saturated rings. The molecule has 0 aliphatic carbocycles. The number of hydrogen-bond acceptors (Lipinski definition) is 9. The number of carbonyl (C=O) groups excluding carboxylic acids is 1. The lowest BCUT2D eigenvalue weighted by Gasteiger charge is -2.24. The topological polar surface area (TPSA) is 147 Å². The molecule has 14 heteroatoms. The van der Waals surface area contributed by atoms with Crippen LogP contribution in [0, 0.1) is 0 Å². The maximum absolute atomic E-state index is 12.5. The van der Waals surface area contributed by atoms with Gasteiger partial charge in [0.2, 0.25) is 15.8 Å². The molecule has 0 saturated carbocycles. The van der Waals surface area contributed by atoms with Crippen LogP contribution in [0.15, 0.2) is 87.1 Å². The summed E-state index contributed by atoms with van der Waals surface area (Å²) in [6, 6.07) is 23.0. The molecule has 0 radical (unpaired) electrons. The van der Waals surface area contributed by atoms with Gasteiger partial charge in [-0.15, -0.1) is 10.2 Å². The van der Waals surface area contributed by atoms with Gasteiger partial charge < -0.3 is 9.64 Å². The van der Waals surface area contributed by atoms with E-state index in [1.165, 1.54) is 18.0 Å². The Morgan fingerprint density at radius 3 is 2.05 bits per heavy atom. The second kappa shape index (κ2) is 15.1. The van der Waals surface area contributed by atoms with Crippen LogP contribution in [0.2, 0.25) is 0 Å². The van der Waals surface area contributed by atoms with E-state index in [0.717, 1.165) is 37.1 Å². The van der Waals surface area contributed by atoms with Crippen molar-refractivity contribution < 1.29 is 17.9 Å². The SMILES string of the molecule is CC(C)(C)OC(=O)N1CCCC1.NS(=O)(=O)c1ccc(Br)c(-c2nn[nH]n2)c1SN(Cc1ccccc1)Cc1ccccc1. The van der Waals surface area contributed by atoms with Crippen molar-refractivity contribution in [2.75, 3.05) is 13.1 Å². The standard InChI is InChI=1S/C21H19BrN6O2S2.C9H17NO2/c22-17-11-12-18(32(23,29)30)20(19(17)21-24-26-27-25-21)31-28(13-15-7-3-1-4-8-15)14-16-9-5-2-6-10-16;1-9(2,3)12-8(11)10-6-4-5-7-10/h1-12H,13-14H2,(H2,23,29,30)(H,24,25,26,27);4-7H2,1-3H3. The summed E-state index contributed by atoms with van der Waals surface area (Å²) in [6.45, 7) is 8.53. The van der Waals surface area contributed by atoms with E-state index in [1.54, 1.807) is 11.0 Å². The number of sulfonamides is 1. The number of aromatic nitrogens is 4. The monoisotopic (exact) mass is 701 g/mol. The van der Waals surface area contributed by atoms with Crippen LogP contribution in [0.25, 0.3) is 11.4 Å². The minimum absolute atomic E-state index is 0.00313. The van der Waals surface area contributed by atoms with Crippen molar-refractivity contribution in [1.82, 2.24) is 29.8 Å². The highest BCUT2D eigenvalue weighted by molar-refractivity contribution is 9.10. The van der Waals surface area contributed by atoms with Gasteiger partial charge >= 0.3 is 6.09 Å². The largest absolute Gasteiger partial charge is 0.444 e. The normalized spacial score (nSPS) is 13.5. The van der Waals surface area contributed by atoms with Gasteiger partial charge in [0, 0.05) is 30.7 Å². The van der Waals surface area contributed by atoms with E-state index in [9.17, 15) is 13.2 Å². The van der Waals surface area contributed by atoms with Crippen molar-refractivity contribution in [3.05, 3.63) is 88.4 Å². The Balaban J connectivity index is 0.000000309. The third kappa shape index (κ3) is 9.86. The number of aromatic amines is 1. The molecule has 1 saturated heterocycles. The number of nitrogens with zero attached hydrogens (tertiary/aromatic N) is 5. The Morgan fingerprint density at radius 1 is 1.00 bits per heavy atom. The average Bonchev–Trinajstić information content (AvgIpc) is 3.69. The number of benzene rings is 3. The van der Waals surface area contributed by atoms with Gasteiger partial charge in [0.1, 0.15) is 5.60 Å². The zero-order valence-corrected chi connectivity index (χ0v) is 28.0. The van der Waals surface area contributed by atoms with E-state index in [-0.39, 0.29) is 22.4 Å². The molecule has 5 rings (SSSR count). The van der Waals surface area contributed by atoms with E-state index < -0.39 is 10.0 Å². The highest BCUT2D eigenvalue weighted by atomic mass is 79.9. The van der Waals surface area contributed by atoms with Crippen LogP contribution in [-0.4, -0.2) is 63.0 Å². The lowest BCUT2D eigenvalue weighted by atomic mass is 10.2. The number of carbonyl (C=O) groups is 1. The fraction of sp³-hybridized carbons (Fsp3) is 0.333. The lowest BCUT2D eigenvalue weighted by molar-refractivity contribution is 0.0295. The number of tetrazole rings is 1. The third-order valence-electron chi connectivity index (χ3n) is 6.33. The van der Waals surface area contributed by atoms with E-state index in [2.05, 4.69) is 40.9 Å². The van der Waals surface area contributed by atoms with Crippen LogP contribution in [0.1, 0.15) is 44.7 Å². The van der Waals surface area contributed by atoms with Gasteiger partial charge in [-0.05, 0) is 90.0 Å². The molecule has 1 aromatic heterocycles. The number of rotatable bonds is 8. The summed E-state index contributed by atoms with van der Waals surface area (Å²) in [7, 11) is -4.01. The highest BCUT2D eigenvalue weighted by Crippen LogP contribution is 2.41. The van der Waals surface area contributed by atoms with E-state index in [4.69, 9.17) is 9.88 Å². The Hall–Kier alpha value is -3.30. The van der Waals surface area contributed by atoms with E-state index in [1.807, 2.05) is 81.4 Å². The first-order valence-electron chi connectivity index (χ1n) is 14.0. The molecular formula is C30H36BrN7O4S2. The van der Waals surface area contributed by atoms with Crippen molar-refractivity contribution in [3.8, 4) is 11.4 Å². The summed E-state index contributed by atoms with van der Waals surface area (Å²) in [5.74, 6) is 0.268. The molecule has 0 atom stereocenters. The molecule has 1 aliphatic heterocycles. The Morgan fingerprint density at radius 2 is 1.57 bits per heavy atom. The van der Waals surface area contributed by atoms with Crippen LogP contribution in [-0.2, 0) is 27.8 Å². The fourth-order valence-corrected chi connectivity index (χ4v) is 7.23. The zero-order valence-electron chi connectivity index (χ0n) is 24.8. The molecular weight excluding hydrogens is 666 g/mol. The van der Waals surface area contributed by atoms with Gasteiger partial charge in [0.05, 0.1) is 15.4 Å². The number of nitrogens with one attached hydrogen (secondary N) is 1. The maximum atomic E-state index is 12.5. The number of likely N-dealkylation sites (tertiary alicyclic amines) is 1. The van der Waals surface area contributed by atoms with Crippen molar-refractivity contribution in [2.24, 2.45) is 5.14 Å². The molecule has 0 unspecified atom stereocenters. The molecule has 234 valence electrons. The van der Waals surface area contributed by atoms with Gasteiger partial charge in [-0.2, -0.15) is 5.21 Å². The molecule has 3 aromatic carbocycles.